The number of benzene rings is 1. The van der Waals surface area contributed by atoms with Crippen LogP contribution in [0.2, 0.25) is 0 Å². The molecule has 0 amide bonds. The third kappa shape index (κ3) is 4.08. The largest absolute Gasteiger partial charge is 0.480 e. The van der Waals surface area contributed by atoms with Gasteiger partial charge in [-0.05, 0) is 41.1 Å². The number of carbonyl (C=O) groups is 1. The van der Waals surface area contributed by atoms with Crippen LogP contribution in [0, 0.1) is 6.92 Å². The Balaban J connectivity index is 2.20. The van der Waals surface area contributed by atoms with Crippen LogP contribution in [-0.4, -0.2) is 17.6 Å². The second-order valence-electron chi connectivity index (χ2n) is 4.32. The lowest BCUT2D eigenvalue weighted by atomic mass is 10.2. The van der Waals surface area contributed by atoms with Crippen molar-refractivity contribution in [2.45, 2.75) is 13.5 Å². The van der Waals surface area contributed by atoms with Crippen LogP contribution in [0.25, 0.3) is 0 Å². The molecule has 0 radical (unpaired) electrons. The van der Waals surface area contributed by atoms with Crippen molar-refractivity contribution < 1.29 is 9.90 Å². The van der Waals surface area contributed by atoms with Gasteiger partial charge in [-0.25, -0.2) is 0 Å². The van der Waals surface area contributed by atoms with Gasteiger partial charge in [0.2, 0.25) is 0 Å². The first-order valence-electron chi connectivity index (χ1n) is 5.81. The minimum Gasteiger partial charge on any atom is -0.480 e. The quantitative estimate of drug-likeness (QED) is 0.897. The summed E-state index contributed by atoms with van der Waals surface area (Å²) in [5.74, 6) is -0.823. The molecule has 0 saturated heterocycles. The second kappa shape index (κ2) is 6.21. The molecule has 0 unspecified atom stereocenters. The van der Waals surface area contributed by atoms with Crippen LogP contribution >= 0.6 is 27.3 Å². The van der Waals surface area contributed by atoms with Crippen molar-refractivity contribution in [1.82, 2.24) is 0 Å². The van der Waals surface area contributed by atoms with Crippen molar-refractivity contribution in [3.05, 3.63) is 50.6 Å². The average Bonchev–Trinajstić information content (AvgIpc) is 2.74. The van der Waals surface area contributed by atoms with Gasteiger partial charge in [0.15, 0.2) is 0 Å². The van der Waals surface area contributed by atoms with Crippen LogP contribution in [0.1, 0.15) is 10.4 Å². The number of halogens is 1. The van der Waals surface area contributed by atoms with Gasteiger partial charge < -0.3 is 10.0 Å². The Morgan fingerprint density at radius 1 is 1.37 bits per heavy atom. The lowest BCUT2D eigenvalue weighted by molar-refractivity contribution is -0.135. The number of aliphatic carboxylic acids is 1. The van der Waals surface area contributed by atoms with Crippen molar-refractivity contribution in [3.8, 4) is 0 Å². The predicted molar refractivity (Wildman–Crippen MR) is 81.9 cm³/mol. The summed E-state index contributed by atoms with van der Waals surface area (Å²) in [6.07, 6.45) is 0. The molecule has 1 heterocycles. The minimum absolute atomic E-state index is 0.00141. The van der Waals surface area contributed by atoms with E-state index in [4.69, 9.17) is 5.11 Å². The Morgan fingerprint density at radius 3 is 2.58 bits per heavy atom. The van der Waals surface area contributed by atoms with E-state index < -0.39 is 5.97 Å². The summed E-state index contributed by atoms with van der Waals surface area (Å²) >= 11 is 5.04. The molecule has 1 N–H and O–H groups in total. The van der Waals surface area contributed by atoms with Gasteiger partial charge in [0.05, 0.1) is 6.54 Å². The molecular formula is C14H14BrNO2S. The number of carboxylic acid groups (broad SMARTS) is 1. The SMILES string of the molecule is Cc1ccc(N(CC(=O)O)Cc2cc(Br)cs2)cc1. The average molecular weight is 340 g/mol. The molecule has 1 aromatic heterocycles. The van der Waals surface area contributed by atoms with Crippen LogP contribution in [0.15, 0.2) is 40.2 Å². The van der Waals surface area contributed by atoms with Crippen LogP contribution in [0.3, 0.4) is 0 Å². The predicted octanol–water partition coefficient (Wildman–Crippen LogP) is 3.91. The molecule has 2 aromatic rings. The van der Waals surface area contributed by atoms with Crippen molar-refractivity contribution in [2.24, 2.45) is 0 Å². The number of rotatable bonds is 5. The molecule has 0 fully saturated rings. The Kier molecular flexibility index (Phi) is 4.61. The minimum atomic E-state index is -0.823. The summed E-state index contributed by atoms with van der Waals surface area (Å²) in [6.45, 7) is 2.62. The molecule has 19 heavy (non-hydrogen) atoms. The van der Waals surface area contributed by atoms with Gasteiger partial charge in [-0.15, -0.1) is 11.3 Å². The van der Waals surface area contributed by atoms with Gasteiger partial charge in [0.25, 0.3) is 0 Å². The van der Waals surface area contributed by atoms with Gasteiger partial charge in [0, 0.05) is 20.4 Å². The summed E-state index contributed by atoms with van der Waals surface area (Å²) in [6, 6.07) is 9.93. The molecule has 3 nitrogen and oxygen atoms in total. The fraction of sp³-hybridized carbons (Fsp3) is 0.214. The number of carboxylic acids is 1. The van der Waals surface area contributed by atoms with Crippen LogP contribution in [0.5, 0.6) is 0 Å². The monoisotopic (exact) mass is 339 g/mol. The highest BCUT2D eigenvalue weighted by Gasteiger charge is 2.12. The number of nitrogens with zero attached hydrogens (tertiary/aromatic N) is 1. The van der Waals surface area contributed by atoms with Gasteiger partial charge in [0.1, 0.15) is 6.54 Å². The van der Waals surface area contributed by atoms with E-state index in [2.05, 4.69) is 15.9 Å². The highest BCUT2D eigenvalue weighted by Crippen LogP contribution is 2.24. The zero-order chi connectivity index (χ0) is 13.8. The smallest absolute Gasteiger partial charge is 0.323 e. The van der Waals surface area contributed by atoms with E-state index in [9.17, 15) is 4.79 Å². The first-order valence-corrected chi connectivity index (χ1v) is 7.48. The van der Waals surface area contributed by atoms with Crippen molar-refractivity contribution >= 4 is 38.9 Å². The van der Waals surface area contributed by atoms with E-state index in [0.29, 0.717) is 6.54 Å². The van der Waals surface area contributed by atoms with Crippen LogP contribution in [-0.2, 0) is 11.3 Å². The molecule has 100 valence electrons. The van der Waals surface area contributed by atoms with Crippen LogP contribution in [0.4, 0.5) is 5.69 Å². The van der Waals surface area contributed by atoms with E-state index in [0.717, 1.165) is 20.6 Å². The number of aryl methyl sites for hydroxylation is 1. The lowest BCUT2D eigenvalue weighted by Gasteiger charge is -2.22. The molecule has 0 bridgehead atoms. The molecule has 0 aliphatic carbocycles. The standard InChI is InChI=1S/C14H14BrNO2S/c1-10-2-4-12(5-3-10)16(8-14(17)18)7-13-6-11(15)9-19-13/h2-6,9H,7-8H2,1H3,(H,17,18). The number of hydrogen-bond acceptors (Lipinski definition) is 3. The highest BCUT2D eigenvalue weighted by molar-refractivity contribution is 9.10. The second-order valence-corrected chi connectivity index (χ2v) is 6.23. The highest BCUT2D eigenvalue weighted by atomic mass is 79.9. The zero-order valence-electron chi connectivity index (χ0n) is 10.5. The Morgan fingerprint density at radius 2 is 2.05 bits per heavy atom. The number of thiophene rings is 1. The number of anilines is 1. The van der Waals surface area contributed by atoms with Gasteiger partial charge >= 0.3 is 5.97 Å². The van der Waals surface area contributed by atoms with Gasteiger partial charge in [-0.3, -0.25) is 4.79 Å². The van der Waals surface area contributed by atoms with E-state index >= 15 is 0 Å². The molecule has 0 saturated carbocycles. The lowest BCUT2D eigenvalue weighted by Crippen LogP contribution is -2.28. The van der Waals surface area contributed by atoms with Crippen molar-refractivity contribution in [2.75, 3.05) is 11.4 Å². The van der Waals surface area contributed by atoms with Crippen LogP contribution < -0.4 is 4.90 Å². The van der Waals surface area contributed by atoms with E-state index in [1.54, 1.807) is 11.3 Å². The zero-order valence-corrected chi connectivity index (χ0v) is 12.9. The summed E-state index contributed by atoms with van der Waals surface area (Å²) < 4.78 is 1.03. The normalized spacial score (nSPS) is 10.4. The van der Waals surface area contributed by atoms with Gasteiger partial charge in [-0.1, -0.05) is 17.7 Å². The van der Waals surface area contributed by atoms with E-state index in [1.165, 1.54) is 0 Å². The van der Waals surface area contributed by atoms with Crippen molar-refractivity contribution in [3.63, 3.8) is 0 Å². The molecule has 5 heteroatoms. The Bertz CT molecular complexity index is 565. The molecule has 2 rings (SSSR count). The molecule has 0 atom stereocenters. The molecule has 0 spiro atoms. The summed E-state index contributed by atoms with van der Waals surface area (Å²) in [5.41, 5.74) is 2.09. The summed E-state index contributed by atoms with van der Waals surface area (Å²) in [4.78, 5) is 14.0. The third-order valence-electron chi connectivity index (χ3n) is 2.69. The third-order valence-corrected chi connectivity index (χ3v) is 4.38. The van der Waals surface area contributed by atoms with E-state index in [-0.39, 0.29) is 6.54 Å². The topological polar surface area (TPSA) is 40.5 Å². The first kappa shape index (κ1) is 14.1. The van der Waals surface area contributed by atoms with Crippen molar-refractivity contribution in [1.29, 1.82) is 0 Å². The molecule has 0 aliphatic heterocycles. The Hall–Kier alpha value is -1.33. The van der Waals surface area contributed by atoms with Gasteiger partial charge in [-0.2, -0.15) is 0 Å². The molecule has 1 aromatic carbocycles. The maximum absolute atomic E-state index is 11.0. The summed E-state index contributed by atoms with van der Waals surface area (Å²) in [5, 5.41) is 11.0. The summed E-state index contributed by atoms with van der Waals surface area (Å²) in [7, 11) is 0. The fourth-order valence-electron chi connectivity index (χ4n) is 1.78. The molecular weight excluding hydrogens is 326 g/mol. The first-order chi connectivity index (χ1) is 9.04. The Labute approximate surface area is 124 Å². The molecule has 0 aliphatic rings. The van der Waals surface area contributed by atoms with E-state index in [1.807, 2.05) is 47.5 Å². The number of hydrogen-bond donors (Lipinski definition) is 1. The maximum Gasteiger partial charge on any atom is 0.323 e. The fourth-order valence-corrected chi connectivity index (χ4v) is 3.25. The maximum atomic E-state index is 11.0.